The van der Waals surface area contributed by atoms with Crippen LogP contribution in [0.15, 0.2) is 36.4 Å². The maximum atomic E-state index is 13.0. The molecule has 2 nitrogen and oxygen atoms in total. The van der Waals surface area contributed by atoms with Crippen LogP contribution in [0.1, 0.15) is 25.8 Å². The molecule has 0 fully saturated rings. The first-order chi connectivity index (χ1) is 9.77. The van der Waals surface area contributed by atoms with Crippen molar-refractivity contribution in [3.63, 3.8) is 0 Å². The van der Waals surface area contributed by atoms with Crippen LogP contribution in [0, 0.1) is 0 Å². The SMILES string of the molecule is CCCOc1ccc2c(C(C)(O)C(F)(F)F)cccc2c1. The minimum Gasteiger partial charge on any atom is -0.494 e. The van der Waals surface area contributed by atoms with Gasteiger partial charge < -0.3 is 9.84 Å². The number of hydrogen-bond donors (Lipinski definition) is 1. The zero-order chi connectivity index (χ0) is 15.7. The summed E-state index contributed by atoms with van der Waals surface area (Å²) < 4.78 is 44.5. The number of aliphatic hydroxyl groups is 1. The molecule has 0 heterocycles. The van der Waals surface area contributed by atoms with Gasteiger partial charge in [0.2, 0.25) is 0 Å². The van der Waals surface area contributed by atoms with Crippen molar-refractivity contribution in [3.8, 4) is 5.75 Å². The van der Waals surface area contributed by atoms with Crippen molar-refractivity contribution in [1.82, 2.24) is 0 Å². The topological polar surface area (TPSA) is 29.5 Å². The lowest BCUT2D eigenvalue weighted by Crippen LogP contribution is -2.39. The number of alkyl halides is 3. The van der Waals surface area contributed by atoms with Gasteiger partial charge in [-0.3, -0.25) is 0 Å². The first-order valence-electron chi connectivity index (χ1n) is 6.72. The molecule has 0 aromatic heterocycles. The second-order valence-electron chi connectivity index (χ2n) is 5.11. The molecule has 5 heteroatoms. The number of benzene rings is 2. The number of halogens is 3. The molecule has 2 rings (SSSR count). The first-order valence-corrected chi connectivity index (χ1v) is 6.72. The number of ether oxygens (including phenoxy) is 1. The molecule has 1 atom stereocenters. The smallest absolute Gasteiger partial charge is 0.421 e. The Kier molecular flexibility index (Phi) is 4.14. The monoisotopic (exact) mass is 298 g/mol. The van der Waals surface area contributed by atoms with Gasteiger partial charge in [-0.05, 0) is 36.2 Å². The van der Waals surface area contributed by atoms with Crippen molar-refractivity contribution in [1.29, 1.82) is 0 Å². The minimum atomic E-state index is -4.74. The van der Waals surface area contributed by atoms with Gasteiger partial charge in [0.05, 0.1) is 6.61 Å². The highest BCUT2D eigenvalue weighted by Crippen LogP contribution is 2.41. The summed E-state index contributed by atoms with van der Waals surface area (Å²) in [5.74, 6) is 0.605. The Hall–Kier alpha value is -1.75. The Labute approximate surface area is 121 Å². The van der Waals surface area contributed by atoms with E-state index in [-0.39, 0.29) is 5.56 Å². The standard InChI is InChI=1S/C16H17F3O2/c1-3-9-21-12-7-8-13-11(10-12)5-4-6-14(13)15(2,20)16(17,18)19/h4-8,10,20H,3,9H2,1-2H3. The average Bonchev–Trinajstić information content (AvgIpc) is 2.42. The minimum absolute atomic E-state index is 0.158. The van der Waals surface area contributed by atoms with Crippen LogP contribution in [-0.4, -0.2) is 17.9 Å². The molecule has 0 saturated carbocycles. The zero-order valence-electron chi connectivity index (χ0n) is 11.9. The van der Waals surface area contributed by atoms with Gasteiger partial charge in [-0.15, -0.1) is 0 Å². The Morgan fingerprint density at radius 3 is 2.48 bits per heavy atom. The second kappa shape index (κ2) is 5.56. The Morgan fingerprint density at radius 2 is 1.86 bits per heavy atom. The Morgan fingerprint density at radius 1 is 1.14 bits per heavy atom. The van der Waals surface area contributed by atoms with Crippen molar-refractivity contribution in [2.24, 2.45) is 0 Å². The molecule has 21 heavy (non-hydrogen) atoms. The van der Waals surface area contributed by atoms with E-state index in [1.807, 2.05) is 6.92 Å². The molecule has 0 saturated heterocycles. The molecule has 0 aliphatic carbocycles. The average molecular weight is 298 g/mol. The summed E-state index contributed by atoms with van der Waals surface area (Å²) in [6, 6.07) is 9.35. The molecule has 2 aromatic carbocycles. The second-order valence-corrected chi connectivity index (χ2v) is 5.11. The van der Waals surface area contributed by atoms with Crippen molar-refractivity contribution in [2.45, 2.75) is 32.0 Å². The van der Waals surface area contributed by atoms with E-state index in [2.05, 4.69) is 0 Å². The van der Waals surface area contributed by atoms with E-state index >= 15 is 0 Å². The molecule has 0 radical (unpaired) electrons. The fraction of sp³-hybridized carbons (Fsp3) is 0.375. The van der Waals surface area contributed by atoms with Gasteiger partial charge in [-0.1, -0.05) is 31.2 Å². The van der Waals surface area contributed by atoms with Crippen molar-refractivity contribution < 1.29 is 23.0 Å². The number of rotatable bonds is 4. The van der Waals surface area contributed by atoms with Gasteiger partial charge >= 0.3 is 6.18 Å². The molecule has 0 aliphatic heterocycles. The van der Waals surface area contributed by atoms with Gasteiger partial charge in [0.25, 0.3) is 0 Å². The molecular formula is C16H17F3O2. The fourth-order valence-electron chi connectivity index (χ4n) is 2.15. The molecule has 1 unspecified atom stereocenters. The van der Waals surface area contributed by atoms with Crippen LogP contribution in [-0.2, 0) is 5.60 Å². The number of fused-ring (bicyclic) bond motifs is 1. The Bertz CT molecular complexity index is 633. The lowest BCUT2D eigenvalue weighted by atomic mass is 9.90. The summed E-state index contributed by atoms with van der Waals surface area (Å²) >= 11 is 0. The molecular weight excluding hydrogens is 281 g/mol. The van der Waals surface area contributed by atoms with Crippen LogP contribution in [0.3, 0.4) is 0 Å². The van der Waals surface area contributed by atoms with E-state index < -0.39 is 11.8 Å². The summed E-state index contributed by atoms with van der Waals surface area (Å²) in [5, 5.41) is 10.8. The summed E-state index contributed by atoms with van der Waals surface area (Å²) in [6.07, 6.45) is -3.89. The molecule has 0 bridgehead atoms. The van der Waals surface area contributed by atoms with E-state index in [0.29, 0.717) is 23.1 Å². The third-order valence-corrected chi connectivity index (χ3v) is 3.40. The van der Waals surface area contributed by atoms with Crippen LogP contribution in [0.4, 0.5) is 13.2 Å². The maximum absolute atomic E-state index is 13.0. The quantitative estimate of drug-likeness (QED) is 0.906. The molecule has 1 N–H and O–H groups in total. The summed E-state index contributed by atoms with van der Waals surface area (Å²) in [4.78, 5) is 0. The normalized spacial score (nSPS) is 15.0. The Balaban J connectivity index is 2.52. The van der Waals surface area contributed by atoms with Crippen LogP contribution >= 0.6 is 0 Å². The zero-order valence-corrected chi connectivity index (χ0v) is 11.9. The summed E-state index contributed by atoms with van der Waals surface area (Å²) in [5.41, 5.74) is -3.05. The lowest BCUT2D eigenvalue weighted by Gasteiger charge is -2.28. The molecule has 0 amide bonds. The van der Waals surface area contributed by atoms with Crippen molar-refractivity contribution in [2.75, 3.05) is 6.61 Å². The van der Waals surface area contributed by atoms with E-state index in [1.165, 1.54) is 12.1 Å². The van der Waals surface area contributed by atoms with Gasteiger partial charge in [0, 0.05) is 5.56 Å². The molecule has 0 spiro atoms. The highest BCUT2D eigenvalue weighted by atomic mass is 19.4. The molecule has 2 aromatic rings. The highest BCUT2D eigenvalue weighted by Gasteiger charge is 2.51. The van der Waals surface area contributed by atoms with Crippen LogP contribution in [0.25, 0.3) is 10.8 Å². The molecule has 0 aliphatic rings. The third kappa shape index (κ3) is 2.97. The van der Waals surface area contributed by atoms with Crippen LogP contribution < -0.4 is 4.74 Å². The first kappa shape index (κ1) is 15.6. The van der Waals surface area contributed by atoms with Gasteiger partial charge in [-0.2, -0.15) is 13.2 Å². The van der Waals surface area contributed by atoms with Crippen LogP contribution in [0.2, 0.25) is 0 Å². The molecule has 114 valence electrons. The van der Waals surface area contributed by atoms with E-state index in [0.717, 1.165) is 13.3 Å². The van der Waals surface area contributed by atoms with Gasteiger partial charge in [0.1, 0.15) is 5.75 Å². The fourth-order valence-corrected chi connectivity index (χ4v) is 2.15. The predicted molar refractivity (Wildman–Crippen MR) is 75.4 cm³/mol. The summed E-state index contributed by atoms with van der Waals surface area (Å²) in [7, 11) is 0. The van der Waals surface area contributed by atoms with Crippen molar-refractivity contribution in [3.05, 3.63) is 42.0 Å². The lowest BCUT2D eigenvalue weighted by molar-refractivity contribution is -0.258. The number of hydrogen-bond acceptors (Lipinski definition) is 2. The van der Waals surface area contributed by atoms with Crippen LogP contribution in [0.5, 0.6) is 5.75 Å². The summed E-state index contributed by atoms with van der Waals surface area (Å²) in [6.45, 7) is 3.29. The van der Waals surface area contributed by atoms with Crippen molar-refractivity contribution >= 4 is 10.8 Å². The third-order valence-electron chi connectivity index (χ3n) is 3.40. The highest BCUT2D eigenvalue weighted by molar-refractivity contribution is 5.87. The van der Waals surface area contributed by atoms with E-state index in [1.54, 1.807) is 24.3 Å². The van der Waals surface area contributed by atoms with E-state index in [9.17, 15) is 18.3 Å². The van der Waals surface area contributed by atoms with E-state index in [4.69, 9.17) is 4.74 Å². The predicted octanol–water partition coefficient (Wildman–Crippen LogP) is 4.40. The van der Waals surface area contributed by atoms with Gasteiger partial charge in [0.15, 0.2) is 5.60 Å². The maximum Gasteiger partial charge on any atom is 0.421 e. The largest absolute Gasteiger partial charge is 0.494 e. The van der Waals surface area contributed by atoms with Gasteiger partial charge in [-0.25, -0.2) is 0 Å².